The second-order valence-corrected chi connectivity index (χ2v) is 6.46. The van der Waals surface area contributed by atoms with E-state index in [1.807, 2.05) is 6.08 Å². The summed E-state index contributed by atoms with van der Waals surface area (Å²) in [6.45, 7) is 2.39. The van der Waals surface area contributed by atoms with Crippen molar-refractivity contribution in [2.45, 2.75) is 70.5 Å². The summed E-state index contributed by atoms with van der Waals surface area (Å²) in [5.41, 5.74) is 0. The number of aliphatic hydroxyl groups excluding tert-OH is 3. The van der Waals surface area contributed by atoms with Crippen molar-refractivity contribution < 1.29 is 20.1 Å². The molecule has 0 rings (SSSR count). The second kappa shape index (κ2) is 19.1. The molecule has 27 heavy (non-hydrogen) atoms. The number of carbonyl (C=O) groups is 1. The molecular weight excluding hydrogens is 342 g/mol. The summed E-state index contributed by atoms with van der Waals surface area (Å²) in [6.07, 6.45) is 20.4. The van der Waals surface area contributed by atoms with Crippen molar-refractivity contribution in [1.29, 1.82) is 0 Å². The molecule has 5 heteroatoms. The van der Waals surface area contributed by atoms with E-state index in [1.165, 1.54) is 19.3 Å². The van der Waals surface area contributed by atoms with Crippen molar-refractivity contribution in [3.05, 3.63) is 48.6 Å². The van der Waals surface area contributed by atoms with Crippen LogP contribution in [-0.4, -0.2) is 46.6 Å². The van der Waals surface area contributed by atoms with Gasteiger partial charge in [-0.15, -0.1) is 0 Å². The first-order valence-electron chi connectivity index (χ1n) is 10.0. The van der Waals surface area contributed by atoms with Crippen LogP contribution in [0.5, 0.6) is 0 Å². The number of amides is 1. The van der Waals surface area contributed by atoms with Gasteiger partial charge in [0.2, 0.25) is 5.91 Å². The first-order valence-corrected chi connectivity index (χ1v) is 10.0. The Morgan fingerprint density at radius 2 is 1.67 bits per heavy atom. The van der Waals surface area contributed by atoms with E-state index < -0.39 is 12.2 Å². The lowest BCUT2D eigenvalue weighted by Gasteiger charge is -2.05. The smallest absolute Gasteiger partial charge is 0.220 e. The minimum Gasteiger partial charge on any atom is -0.395 e. The van der Waals surface area contributed by atoms with Gasteiger partial charge in [-0.2, -0.15) is 0 Å². The number of allylic oxidation sites excluding steroid dienone is 5. The highest BCUT2D eigenvalue weighted by atomic mass is 16.3. The molecule has 0 aromatic rings. The molecule has 0 aliphatic carbocycles. The van der Waals surface area contributed by atoms with Gasteiger partial charge in [0, 0.05) is 13.0 Å². The van der Waals surface area contributed by atoms with E-state index in [-0.39, 0.29) is 19.1 Å². The van der Waals surface area contributed by atoms with Crippen LogP contribution in [0.1, 0.15) is 58.3 Å². The minimum atomic E-state index is -0.590. The summed E-state index contributed by atoms with van der Waals surface area (Å²) >= 11 is 0. The van der Waals surface area contributed by atoms with Gasteiger partial charge < -0.3 is 20.6 Å². The van der Waals surface area contributed by atoms with Crippen LogP contribution >= 0.6 is 0 Å². The van der Waals surface area contributed by atoms with Crippen LogP contribution in [0, 0.1) is 0 Å². The van der Waals surface area contributed by atoms with Crippen LogP contribution in [0.3, 0.4) is 0 Å². The number of hydrogen-bond acceptors (Lipinski definition) is 4. The van der Waals surface area contributed by atoms with E-state index in [0.29, 0.717) is 25.7 Å². The Balaban J connectivity index is 3.82. The zero-order valence-electron chi connectivity index (χ0n) is 16.6. The highest BCUT2D eigenvalue weighted by Crippen LogP contribution is 2.03. The van der Waals surface area contributed by atoms with E-state index in [9.17, 15) is 15.0 Å². The highest BCUT2D eigenvalue weighted by Gasteiger charge is 2.03. The molecule has 0 spiro atoms. The van der Waals surface area contributed by atoms with Gasteiger partial charge in [-0.25, -0.2) is 0 Å². The Morgan fingerprint density at radius 1 is 0.963 bits per heavy atom. The van der Waals surface area contributed by atoms with Gasteiger partial charge in [0.25, 0.3) is 0 Å². The molecule has 2 atom stereocenters. The molecule has 154 valence electrons. The zero-order valence-corrected chi connectivity index (χ0v) is 16.6. The van der Waals surface area contributed by atoms with E-state index in [4.69, 9.17) is 5.11 Å². The normalized spacial score (nSPS) is 14.7. The quantitative estimate of drug-likeness (QED) is 0.188. The Hall–Kier alpha value is -1.69. The van der Waals surface area contributed by atoms with E-state index >= 15 is 0 Å². The Bertz CT molecular complexity index is 469. The molecule has 5 nitrogen and oxygen atoms in total. The fourth-order valence-corrected chi connectivity index (χ4v) is 2.31. The summed E-state index contributed by atoms with van der Waals surface area (Å²) in [6, 6.07) is 0. The Kier molecular flexibility index (Phi) is 17.9. The number of aliphatic hydroxyl groups is 3. The molecule has 0 saturated carbocycles. The summed E-state index contributed by atoms with van der Waals surface area (Å²) in [5.74, 6) is -0.111. The topological polar surface area (TPSA) is 89.8 Å². The molecule has 0 aromatic heterocycles. The lowest BCUT2D eigenvalue weighted by Crippen LogP contribution is -2.26. The molecule has 0 aliphatic rings. The van der Waals surface area contributed by atoms with Crippen LogP contribution in [0.25, 0.3) is 0 Å². The van der Waals surface area contributed by atoms with Gasteiger partial charge in [-0.05, 0) is 32.1 Å². The predicted molar refractivity (Wildman–Crippen MR) is 111 cm³/mol. The molecule has 0 fully saturated rings. The standard InChI is InChI=1S/C22H37NO4/c1-2-3-4-5-6-9-13-20(25)14-10-7-8-11-15-21(26)16-12-17-22(27)23-18-19-24/h6-11,14-15,20-21,24-26H,2-5,12-13,16-19H2,1H3,(H,23,27)/b8-7+,9-6-,14-10+,15-11-/t20-,21-/m1/s1. The molecule has 0 radical (unpaired) electrons. The summed E-state index contributed by atoms with van der Waals surface area (Å²) < 4.78 is 0. The largest absolute Gasteiger partial charge is 0.395 e. The van der Waals surface area contributed by atoms with Crippen LogP contribution in [0.4, 0.5) is 0 Å². The second-order valence-electron chi connectivity index (χ2n) is 6.46. The van der Waals surface area contributed by atoms with Crippen molar-refractivity contribution in [3.63, 3.8) is 0 Å². The maximum Gasteiger partial charge on any atom is 0.220 e. The number of unbranched alkanes of at least 4 members (excludes halogenated alkanes) is 3. The van der Waals surface area contributed by atoms with Gasteiger partial charge in [0.1, 0.15) is 0 Å². The van der Waals surface area contributed by atoms with Gasteiger partial charge in [-0.3, -0.25) is 4.79 Å². The van der Waals surface area contributed by atoms with Crippen LogP contribution in [0.15, 0.2) is 48.6 Å². The van der Waals surface area contributed by atoms with Crippen LogP contribution in [0.2, 0.25) is 0 Å². The van der Waals surface area contributed by atoms with E-state index in [2.05, 4.69) is 18.3 Å². The van der Waals surface area contributed by atoms with Gasteiger partial charge in [0.05, 0.1) is 18.8 Å². The van der Waals surface area contributed by atoms with Crippen molar-refractivity contribution in [3.8, 4) is 0 Å². The molecule has 0 bridgehead atoms. The first kappa shape index (κ1) is 25.3. The fourth-order valence-electron chi connectivity index (χ4n) is 2.31. The maximum absolute atomic E-state index is 11.3. The van der Waals surface area contributed by atoms with Crippen LogP contribution < -0.4 is 5.32 Å². The average molecular weight is 380 g/mol. The van der Waals surface area contributed by atoms with Crippen molar-refractivity contribution in [2.24, 2.45) is 0 Å². The van der Waals surface area contributed by atoms with Crippen LogP contribution in [-0.2, 0) is 4.79 Å². The Labute approximate surface area is 164 Å². The number of nitrogens with one attached hydrogen (secondary N) is 1. The van der Waals surface area contributed by atoms with Crippen molar-refractivity contribution in [2.75, 3.05) is 13.2 Å². The van der Waals surface area contributed by atoms with E-state index in [1.54, 1.807) is 36.5 Å². The third-order valence-corrected chi connectivity index (χ3v) is 3.86. The van der Waals surface area contributed by atoms with Gasteiger partial charge in [0.15, 0.2) is 0 Å². The molecule has 0 aromatic carbocycles. The summed E-state index contributed by atoms with van der Waals surface area (Å²) in [4.78, 5) is 11.3. The lowest BCUT2D eigenvalue weighted by molar-refractivity contribution is -0.121. The minimum absolute atomic E-state index is 0.0648. The summed E-state index contributed by atoms with van der Waals surface area (Å²) in [5, 5.41) is 30.8. The number of hydrogen-bond donors (Lipinski definition) is 4. The number of rotatable bonds is 16. The third kappa shape index (κ3) is 18.9. The molecule has 1 amide bonds. The Morgan fingerprint density at radius 3 is 2.33 bits per heavy atom. The third-order valence-electron chi connectivity index (χ3n) is 3.86. The molecule has 4 N–H and O–H groups in total. The molecule has 0 aliphatic heterocycles. The molecular formula is C22H37NO4. The molecule has 0 unspecified atom stereocenters. The average Bonchev–Trinajstić information content (AvgIpc) is 2.65. The fraction of sp³-hybridized carbons (Fsp3) is 0.591. The summed E-state index contributed by atoms with van der Waals surface area (Å²) in [7, 11) is 0. The monoisotopic (exact) mass is 379 g/mol. The van der Waals surface area contributed by atoms with E-state index in [0.717, 1.165) is 6.42 Å². The molecule has 0 saturated heterocycles. The van der Waals surface area contributed by atoms with Crippen molar-refractivity contribution in [1.82, 2.24) is 5.32 Å². The molecule has 0 heterocycles. The lowest BCUT2D eigenvalue weighted by atomic mass is 10.1. The SMILES string of the molecule is CCCCC/C=C\C[C@@H](O)/C=C/C=C/C=C\[C@@H](O)CCCC(=O)NCCO. The van der Waals surface area contributed by atoms with Gasteiger partial charge in [-0.1, -0.05) is 68.4 Å². The predicted octanol–water partition coefficient (Wildman–Crippen LogP) is 3.18. The highest BCUT2D eigenvalue weighted by molar-refractivity contribution is 5.75. The maximum atomic E-state index is 11.3. The number of carbonyl (C=O) groups excluding carboxylic acids is 1. The van der Waals surface area contributed by atoms with Crippen molar-refractivity contribution >= 4 is 5.91 Å². The zero-order chi connectivity index (χ0) is 20.2. The first-order chi connectivity index (χ1) is 13.1. The van der Waals surface area contributed by atoms with Gasteiger partial charge >= 0.3 is 0 Å².